The fraction of sp³-hybridized carbons (Fsp3) is 0.400. The fourth-order valence-electron chi connectivity index (χ4n) is 0.703. The molecule has 10 heavy (non-hydrogen) atoms. The molecule has 4 N–H and O–H groups in total. The van der Waals surface area contributed by atoms with Gasteiger partial charge in [0.25, 0.3) is 0 Å². The van der Waals surface area contributed by atoms with E-state index >= 15 is 0 Å². The molecule has 1 aromatic heterocycles. The molecule has 56 valence electrons. The molecular weight excluding hydrogens is 136 g/mol. The first-order valence-electron chi connectivity index (χ1n) is 2.85. The summed E-state index contributed by atoms with van der Waals surface area (Å²) in [7, 11) is 0. The zero-order valence-corrected chi connectivity index (χ0v) is 5.22. The summed E-state index contributed by atoms with van der Waals surface area (Å²) in [5.74, 6) is -0.195. The molecule has 0 saturated carbocycles. The second-order valence-electron chi connectivity index (χ2n) is 1.88. The van der Waals surface area contributed by atoms with Crippen molar-refractivity contribution < 1.29 is 10.2 Å². The summed E-state index contributed by atoms with van der Waals surface area (Å²) in [6.07, 6.45) is 0.255. The molecule has 1 aromatic rings. The van der Waals surface area contributed by atoms with E-state index in [4.69, 9.17) is 10.2 Å². The van der Waals surface area contributed by atoms with E-state index in [1.807, 2.05) is 0 Å². The zero-order chi connectivity index (χ0) is 7.56. The van der Waals surface area contributed by atoms with Crippen LogP contribution in [-0.2, 0) is 6.42 Å². The van der Waals surface area contributed by atoms with Crippen LogP contribution in [0.1, 0.15) is 5.69 Å². The van der Waals surface area contributed by atoms with Gasteiger partial charge in [0, 0.05) is 13.0 Å². The number of hydrogen-bond acceptors (Lipinski definition) is 3. The lowest BCUT2D eigenvalue weighted by molar-refractivity contribution is 0.296. The van der Waals surface area contributed by atoms with Crippen LogP contribution in [0.4, 0.5) is 0 Å². The van der Waals surface area contributed by atoms with Crippen LogP contribution >= 0.6 is 0 Å². The minimum absolute atomic E-state index is 0.0959. The highest BCUT2D eigenvalue weighted by atomic mass is 16.3. The first-order valence-corrected chi connectivity index (χ1v) is 2.85. The maximum atomic E-state index is 10.4. The van der Waals surface area contributed by atoms with Gasteiger partial charge in [-0.2, -0.15) is 0 Å². The first-order chi connectivity index (χ1) is 4.74. The summed E-state index contributed by atoms with van der Waals surface area (Å²) >= 11 is 0. The van der Waals surface area contributed by atoms with Crippen molar-refractivity contribution >= 4 is 0 Å². The smallest absolute Gasteiger partial charge is 0.325 e. The highest BCUT2D eigenvalue weighted by Crippen LogP contribution is 2.06. The molecule has 0 aromatic carbocycles. The molecule has 0 saturated heterocycles. The summed E-state index contributed by atoms with van der Waals surface area (Å²) in [6, 6.07) is 0. The predicted octanol–water partition coefficient (Wildman–Crippen LogP) is -1.06. The predicted molar refractivity (Wildman–Crippen MR) is 33.9 cm³/mol. The number of nitrogens with one attached hydrogen (secondary N) is 2. The lowest BCUT2D eigenvalue weighted by Gasteiger charge is -1.90. The number of aliphatic hydroxyl groups is 1. The van der Waals surface area contributed by atoms with Gasteiger partial charge in [-0.1, -0.05) is 0 Å². The van der Waals surface area contributed by atoms with E-state index in [2.05, 4.69) is 9.97 Å². The van der Waals surface area contributed by atoms with Crippen molar-refractivity contribution in [3.63, 3.8) is 0 Å². The Labute approximate surface area is 56.3 Å². The first kappa shape index (κ1) is 6.88. The van der Waals surface area contributed by atoms with E-state index in [1.54, 1.807) is 0 Å². The lowest BCUT2D eigenvalue weighted by Crippen LogP contribution is -2.01. The zero-order valence-electron chi connectivity index (χ0n) is 5.22. The summed E-state index contributed by atoms with van der Waals surface area (Å²) in [5, 5.41) is 17.3. The Hall–Kier alpha value is -1.23. The molecule has 0 atom stereocenters. The molecule has 1 rings (SSSR count). The average molecular weight is 144 g/mol. The molecule has 1 heterocycles. The highest BCUT2D eigenvalue weighted by molar-refractivity contribution is 5.15. The number of aromatic nitrogens is 2. The van der Waals surface area contributed by atoms with Crippen molar-refractivity contribution in [2.24, 2.45) is 0 Å². The van der Waals surface area contributed by atoms with E-state index in [1.165, 1.54) is 0 Å². The van der Waals surface area contributed by atoms with E-state index in [0.29, 0.717) is 5.69 Å². The van der Waals surface area contributed by atoms with Crippen LogP contribution in [-0.4, -0.2) is 26.8 Å². The van der Waals surface area contributed by atoms with Gasteiger partial charge in [0.05, 0.1) is 5.69 Å². The van der Waals surface area contributed by atoms with Crippen LogP contribution in [0.15, 0.2) is 4.79 Å². The van der Waals surface area contributed by atoms with E-state index in [-0.39, 0.29) is 18.9 Å². The largest absolute Gasteiger partial charge is 0.493 e. The molecule has 0 spiro atoms. The number of H-pyrrole nitrogens is 2. The van der Waals surface area contributed by atoms with Gasteiger partial charge in [-0.05, 0) is 0 Å². The second kappa shape index (κ2) is 2.57. The Morgan fingerprint density at radius 2 is 2.10 bits per heavy atom. The van der Waals surface area contributed by atoms with E-state index < -0.39 is 5.69 Å². The normalized spacial score (nSPS) is 10.1. The van der Waals surface area contributed by atoms with Gasteiger partial charge >= 0.3 is 5.69 Å². The molecule has 5 nitrogen and oxygen atoms in total. The van der Waals surface area contributed by atoms with Crippen LogP contribution in [0.25, 0.3) is 0 Å². The molecular formula is C5H8N2O3. The summed E-state index contributed by atoms with van der Waals surface area (Å²) in [5.41, 5.74) is -0.117. The SMILES string of the molecule is O=c1[nH]c(O)c(CCO)[nH]1. The molecule has 0 bridgehead atoms. The molecule has 0 aliphatic carbocycles. The van der Waals surface area contributed by atoms with Crippen LogP contribution < -0.4 is 5.69 Å². The third kappa shape index (κ3) is 1.19. The topological polar surface area (TPSA) is 89.1 Å². The summed E-state index contributed by atoms with van der Waals surface area (Å²) < 4.78 is 0. The van der Waals surface area contributed by atoms with Crippen LogP contribution in [0.5, 0.6) is 5.88 Å². The third-order valence-electron chi connectivity index (χ3n) is 1.14. The molecule has 0 fully saturated rings. The van der Waals surface area contributed by atoms with E-state index in [9.17, 15) is 4.79 Å². The maximum absolute atomic E-state index is 10.4. The number of aromatic amines is 2. The minimum Gasteiger partial charge on any atom is -0.493 e. The van der Waals surface area contributed by atoms with Crippen molar-refractivity contribution in [1.29, 1.82) is 0 Å². The maximum Gasteiger partial charge on any atom is 0.325 e. The minimum atomic E-state index is -0.457. The molecule has 0 unspecified atom stereocenters. The second-order valence-corrected chi connectivity index (χ2v) is 1.88. The third-order valence-corrected chi connectivity index (χ3v) is 1.14. The van der Waals surface area contributed by atoms with Crippen molar-refractivity contribution in [1.82, 2.24) is 9.97 Å². The van der Waals surface area contributed by atoms with Crippen LogP contribution in [0.2, 0.25) is 0 Å². The van der Waals surface area contributed by atoms with Gasteiger partial charge in [-0.25, -0.2) is 4.79 Å². The van der Waals surface area contributed by atoms with Gasteiger partial charge in [-0.3, -0.25) is 4.98 Å². The van der Waals surface area contributed by atoms with E-state index in [0.717, 1.165) is 0 Å². The Kier molecular flexibility index (Phi) is 1.77. The molecule has 0 radical (unpaired) electrons. The Bertz CT molecular complexity index is 262. The van der Waals surface area contributed by atoms with Crippen molar-refractivity contribution in [2.75, 3.05) is 6.61 Å². The number of hydrogen-bond donors (Lipinski definition) is 4. The molecule has 0 amide bonds. The van der Waals surface area contributed by atoms with Gasteiger partial charge in [-0.15, -0.1) is 0 Å². The quantitative estimate of drug-likeness (QED) is 0.426. The van der Waals surface area contributed by atoms with Crippen molar-refractivity contribution in [3.05, 3.63) is 16.2 Å². The highest BCUT2D eigenvalue weighted by Gasteiger charge is 2.02. The van der Waals surface area contributed by atoms with Gasteiger partial charge in [0.15, 0.2) is 0 Å². The average Bonchev–Trinajstić information content (AvgIpc) is 2.13. The standard InChI is InChI=1S/C5H8N2O3/c8-2-1-3-4(9)7-5(10)6-3/h8-9H,1-2H2,(H2,6,7,10). The molecule has 0 aliphatic rings. The van der Waals surface area contributed by atoms with Crippen LogP contribution in [0, 0.1) is 0 Å². The molecule has 5 heteroatoms. The monoisotopic (exact) mass is 144 g/mol. The Morgan fingerprint density at radius 1 is 1.40 bits per heavy atom. The van der Waals surface area contributed by atoms with Crippen molar-refractivity contribution in [2.45, 2.75) is 6.42 Å². The number of aliphatic hydroxyl groups excluding tert-OH is 1. The lowest BCUT2D eigenvalue weighted by atomic mass is 10.3. The Morgan fingerprint density at radius 3 is 2.50 bits per heavy atom. The van der Waals surface area contributed by atoms with Crippen LogP contribution in [0.3, 0.4) is 0 Å². The number of aromatic hydroxyl groups is 1. The number of rotatable bonds is 2. The molecule has 0 aliphatic heterocycles. The Balaban J connectivity index is 2.92. The fourth-order valence-corrected chi connectivity index (χ4v) is 0.703. The van der Waals surface area contributed by atoms with Gasteiger partial charge in [0.1, 0.15) is 0 Å². The number of imidazole rings is 1. The van der Waals surface area contributed by atoms with Gasteiger partial charge in [0.2, 0.25) is 5.88 Å². The summed E-state index contributed by atoms with van der Waals surface area (Å²) in [6.45, 7) is -0.0959. The summed E-state index contributed by atoms with van der Waals surface area (Å²) in [4.78, 5) is 14.9. The van der Waals surface area contributed by atoms with Crippen molar-refractivity contribution in [3.8, 4) is 5.88 Å². The van der Waals surface area contributed by atoms with Gasteiger partial charge < -0.3 is 15.2 Å².